The fourth-order valence-electron chi connectivity index (χ4n) is 5.12. The number of piperidine rings is 1. The zero-order valence-corrected chi connectivity index (χ0v) is 18.5. The van der Waals surface area contributed by atoms with Gasteiger partial charge in [-0.25, -0.2) is 9.37 Å². The topological polar surface area (TPSA) is 25.9 Å². The lowest BCUT2D eigenvalue weighted by Gasteiger charge is -2.44. The Hall–Kier alpha value is -1.70. The number of piperazine rings is 1. The zero-order valence-electron chi connectivity index (χ0n) is 17.7. The van der Waals surface area contributed by atoms with E-state index < -0.39 is 0 Å². The van der Waals surface area contributed by atoms with Gasteiger partial charge in [-0.15, -0.1) is 11.3 Å². The van der Waals surface area contributed by atoms with Crippen molar-refractivity contribution in [3.05, 3.63) is 41.2 Å². The first-order valence-corrected chi connectivity index (χ1v) is 12.2. The minimum Gasteiger partial charge on any atom is -0.369 e. The second-order valence-electron chi connectivity index (χ2n) is 8.83. The van der Waals surface area contributed by atoms with E-state index in [2.05, 4.69) is 25.8 Å². The van der Waals surface area contributed by atoms with Crippen molar-refractivity contribution < 1.29 is 4.39 Å². The van der Waals surface area contributed by atoms with Crippen LogP contribution in [0.1, 0.15) is 30.6 Å². The Labute approximate surface area is 183 Å². The van der Waals surface area contributed by atoms with Gasteiger partial charge in [0.15, 0.2) is 5.13 Å². The Kier molecular flexibility index (Phi) is 6.20. The van der Waals surface area contributed by atoms with Crippen molar-refractivity contribution in [3.63, 3.8) is 0 Å². The van der Waals surface area contributed by atoms with Gasteiger partial charge in [0.1, 0.15) is 5.82 Å². The van der Waals surface area contributed by atoms with Crippen molar-refractivity contribution >= 4 is 22.2 Å². The molecule has 1 aromatic carbocycles. The van der Waals surface area contributed by atoms with E-state index in [-0.39, 0.29) is 5.82 Å². The molecule has 162 valence electrons. The van der Waals surface area contributed by atoms with E-state index >= 15 is 0 Å². The molecule has 0 radical (unpaired) electrons. The lowest BCUT2D eigenvalue weighted by Crippen LogP contribution is -2.55. The number of likely N-dealkylation sites (tertiary alicyclic amines) is 1. The first kappa shape index (κ1) is 20.2. The van der Waals surface area contributed by atoms with Crippen molar-refractivity contribution in [3.8, 4) is 0 Å². The molecule has 0 aliphatic carbocycles. The second-order valence-corrected chi connectivity index (χ2v) is 9.93. The molecule has 0 amide bonds. The fourth-order valence-corrected chi connectivity index (χ4v) is 6.12. The summed E-state index contributed by atoms with van der Waals surface area (Å²) >= 11 is 1.89. The predicted molar refractivity (Wildman–Crippen MR) is 122 cm³/mol. The molecule has 30 heavy (non-hydrogen) atoms. The third-order valence-corrected chi connectivity index (χ3v) is 7.84. The Bertz CT molecular complexity index is 811. The number of rotatable bonds is 5. The highest BCUT2D eigenvalue weighted by atomic mass is 32.1. The molecule has 1 atom stereocenters. The van der Waals surface area contributed by atoms with E-state index in [0.717, 1.165) is 45.0 Å². The van der Waals surface area contributed by atoms with Gasteiger partial charge in [0, 0.05) is 75.2 Å². The van der Waals surface area contributed by atoms with Crippen molar-refractivity contribution in [1.29, 1.82) is 0 Å². The van der Waals surface area contributed by atoms with E-state index in [0.29, 0.717) is 6.04 Å². The monoisotopic (exact) mass is 429 g/mol. The summed E-state index contributed by atoms with van der Waals surface area (Å²) in [4.78, 5) is 16.2. The Balaban J connectivity index is 1.13. The largest absolute Gasteiger partial charge is 0.369 e. The van der Waals surface area contributed by atoms with Crippen LogP contribution in [0.3, 0.4) is 0 Å². The number of halogens is 1. The predicted octanol–water partition coefficient (Wildman–Crippen LogP) is 3.67. The summed E-state index contributed by atoms with van der Waals surface area (Å²) in [7, 11) is 0. The van der Waals surface area contributed by atoms with Gasteiger partial charge >= 0.3 is 0 Å². The molecule has 0 saturated carbocycles. The van der Waals surface area contributed by atoms with Gasteiger partial charge in [-0.2, -0.15) is 0 Å². The van der Waals surface area contributed by atoms with Gasteiger partial charge in [-0.3, -0.25) is 9.80 Å². The van der Waals surface area contributed by atoms with E-state index in [1.165, 1.54) is 55.3 Å². The van der Waals surface area contributed by atoms with Crippen molar-refractivity contribution in [2.24, 2.45) is 0 Å². The molecule has 5 rings (SSSR count). The average molecular weight is 430 g/mol. The van der Waals surface area contributed by atoms with Crippen LogP contribution in [0.15, 0.2) is 30.5 Å². The van der Waals surface area contributed by atoms with E-state index in [4.69, 9.17) is 4.98 Å². The third kappa shape index (κ3) is 4.63. The molecule has 0 spiro atoms. The smallest absolute Gasteiger partial charge is 0.185 e. The van der Waals surface area contributed by atoms with E-state index in [1.807, 2.05) is 23.5 Å². The number of benzene rings is 1. The summed E-state index contributed by atoms with van der Waals surface area (Å²) < 4.78 is 13.2. The van der Waals surface area contributed by atoms with Crippen molar-refractivity contribution in [2.45, 2.75) is 38.3 Å². The molecule has 1 unspecified atom stereocenters. The van der Waals surface area contributed by atoms with Crippen molar-refractivity contribution in [1.82, 2.24) is 14.8 Å². The number of hydrogen-bond donors (Lipinski definition) is 0. The number of anilines is 2. The summed E-state index contributed by atoms with van der Waals surface area (Å²) in [5.41, 5.74) is 1.14. The van der Waals surface area contributed by atoms with E-state index in [9.17, 15) is 4.39 Å². The standard InChI is InChI=1S/C23H32FN5S/c24-19-5-7-20(8-6-19)27-12-14-28(15-13-27)21-4-3-9-26(17-21)18-22-16-25-23(30-22)29-10-1-2-11-29/h5-8,16,21H,1-4,9-15,17-18H2. The quantitative estimate of drug-likeness (QED) is 0.723. The second kappa shape index (κ2) is 9.20. The Morgan fingerprint density at radius 1 is 0.900 bits per heavy atom. The number of thiazole rings is 1. The molecule has 4 heterocycles. The maximum absolute atomic E-state index is 13.2. The lowest BCUT2D eigenvalue weighted by molar-refractivity contribution is 0.0893. The molecule has 0 N–H and O–H groups in total. The SMILES string of the molecule is Fc1ccc(N2CCN(C3CCCN(Cc4cnc(N5CCCC5)s4)C3)CC2)cc1. The lowest BCUT2D eigenvalue weighted by atomic mass is 10.0. The van der Waals surface area contributed by atoms with Gasteiger partial charge in [0.25, 0.3) is 0 Å². The van der Waals surface area contributed by atoms with E-state index in [1.54, 1.807) is 12.1 Å². The number of hydrogen-bond acceptors (Lipinski definition) is 6. The van der Waals surface area contributed by atoms with Crippen LogP contribution in [-0.4, -0.2) is 73.2 Å². The molecule has 3 fully saturated rings. The van der Waals surface area contributed by atoms with Crippen LogP contribution in [0, 0.1) is 5.82 Å². The third-order valence-electron chi connectivity index (χ3n) is 6.80. The highest BCUT2D eigenvalue weighted by molar-refractivity contribution is 7.15. The minimum atomic E-state index is -0.159. The number of aromatic nitrogens is 1. The molecule has 5 nitrogen and oxygen atoms in total. The van der Waals surface area contributed by atoms with Crippen LogP contribution in [0.25, 0.3) is 0 Å². The molecule has 2 aromatic rings. The van der Waals surface area contributed by atoms with Crippen LogP contribution in [0.5, 0.6) is 0 Å². The van der Waals surface area contributed by atoms with Gasteiger partial charge in [-0.1, -0.05) is 0 Å². The van der Waals surface area contributed by atoms with Gasteiger partial charge < -0.3 is 9.80 Å². The van der Waals surface area contributed by atoms with Crippen LogP contribution >= 0.6 is 11.3 Å². The molecule has 7 heteroatoms. The Morgan fingerprint density at radius 3 is 2.43 bits per heavy atom. The molecule has 3 saturated heterocycles. The summed E-state index contributed by atoms with van der Waals surface area (Å²) in [5, 5.41) is 1.22. The summed E-state index contributed by atoms with van der Waals surface area (Å²) in [5.74, 6) is -0.159. The number of nitrogens with zero attached hydrogens (tertiary/aromatic N) is 5. The molecule has 3 aliphatic rings. The van der Waals surface area contributed by atoms with Crippen LogP contribution < -0.4 is 9.80 Å². The van der Waals surface area contributed by atoms with Gasteiger partial charge in [0.2, 0.25) is 0 Å². The maximum Gasteiger partial charge on any atom is 0.185 e. The fraction of sp³-hybridized carbons (Fsp3) is 0.609. The van der Waals surface area contributed by atoms with Gasteiger partial charge in [0.05, 0.1) is 0 Å². The first-order valence-electron chi connectivity index (χ1n) is 11.4. The molecular weight excluding hydrogens is 397 g/mol. The van der Waals surface area contributed by atoms with Crippen molar-refractivity contribution in [2.75, 3.05) is 62.2 Å². The molecule has 1 aromatic heterocycles. The van der Waals surface area contributed by atoms with Gasteiger partial charge in [-0.05, 0) is 56.5 Å². The summed E-state index contributed by atoms with van der Waals surface area (Å²) in [6, 6.07) is 7.59. The normalized spacial score (nSPS) is 24.0. The van der Waals surface area contributed by atoms with Crippen LogP contribution in [0.2, 0.25) is 0 Å². The highest BCUT2D eigenvalue weighted by Gasteiger charge is 2.28. The van der Waals surface area contributed by atoms with Crippen LogP contribution in [-0.2, 0) is 6.54 Å². The van der Waals surface area contributed by atoms with Crippen LogP contribution in [0.4, 0.5) is 15.2 Å². The molecule has 0 bridgehead atoms. The summed E-state index contributed by atoms with van der Waals surface area (Å²) in [6.07, 6.45) is 7.28. The molecule has 3 aliphatic heterocycles. The first-order chi connectivity index (χ1) is 14.7. The average Bonchev–Trinajstić information content (AvgIpc) is 3.47. The Morgan fingerprint density at radius 2 is 1.67 bits per heavy atom. The zero-order chi connectivity index (χ0) is 20.3. The summed E-state index contributed by atoms with van der Waals surface area (Å²) in [6.45, 7) is 9.97. The minimum absolute atomic E-state index is 0.159. The highest BCUT2D eigenvalue weighted by Crippen LogP contribution is 2.28. The maximum atomic E-state index is 13.2. The molecular formula is C23H32FN5S.